The lowest BCUT2D eigenvalue weighted by molar-refractivity contribution is 0.536. The van der Waals surface area contributed by atoms with E-state index < -0.39 is 0 Å². The molecule has 18 heteroatoms. The highest BCUT2D eigenvalue weighted by molar-refractivity contribution is 5.92. The van der Waals surface area contributed by atoms with Gasteiger partial charge in [0, 0.05) is 63.7 Å². The molecule has 0 bridgehead atoms. The van der Waals surface area contributed by atoms with Crippen molar-refractivity contribution in [3.63, 3.8) is 0 Å². The van der Waals surface area contributed by atoms with Crippen molar-refractivity contribution in [3.8, 4) is 0 Å². The number of hydrogen-bond acceptors (Lipinski definition) is 14. The molecule has 0 heterocycles. The minimum atomic E-state index is 0.456. The third-order valence-corrected chi connectivity index (χ3v) is 22.7. The Morgan fingerprint density at radius 2 is 0.382 bits per heavy atom. The number of nitrogens with one attached hydrogen (secondary N) is 14. The second-order valence-electron chi connectivity index (χ2n) is 35.8. The number of unbranched alkanes of at least 4 members (excludes halogenated alkanes) is 42. The van der Waals surface area contributed by atoms with Crippen molar-refractivity contribution in [2.24, 2.45) is 21.5 Å². The fourth-order valence-electron chi connectivity index (χ4n) is 14.4. The second-order valence-corrected chi connectivity index (χ2v) is 35.8. The van der Waals surface area contributed by atoms with Crippen LogP contribution in [0, 0.1) is 0 Å². The number of guanidine groups is 2. The van der Waals surface area contributed by atoms with E-state index in [9.17, 15) is 0 Å². The lowest BCUT2D eigenvalue weighted by Crippen LogP contribution is -2.25. The van der Waals surface area contributed by atoms with Gasteiger partial charge in [-0.3, -0.25) is 9.98 Å². The predicted molar refractivity (Wildman–Crippen MR) is 595 cm³/mol. The van der Waals surface area contributed by atoms with Gasteiger partial charge in [0.25, 0.3) is 0 Å². The molecule has 18 nitrogen and oxygen atoms in total. The van der Waals surface area contributed by atoms with Crippen molar-refractivity contribution in [2.45, 2.75) is 422 Å². The average molecular weight is 1840 g/mol. The summed E-state index contributed by atoms with van der Waals surface area (Å²) in [5, 5.41) is 47.6. The Kier molecular flexibility index (Phi) is 131. The maximum absolute atomic E-state index is 5.88. The first-order chi connectivity index (χ1) is 64.8. The van der Waals surface area contributed by atoms with Gasteiger partial charge in [0.1, 0.15) is 0 Å². The van der Waals surface area contributed by atoms with Crippen molar-refractivity contribution < 1.29 is 0 Å². The number of nitrogens with zero attached hydrogens (tertiary/aromatic N) is 2. The molecular formula is C113H228N18. The normalized spacial score (nSPS) is 11.6. The Labute approximate surface area is 816 Å². The van der Waals surface area contributed by atoms with Gasteiger partial charge < -0.3 is 85.9 Å². The Morgan fingerprint density at radius 3 is 0.611 bits per heavy atom. The number of benzene rings is 2. The Balaban J connectivity index is -0.000000747. The van der Waals surface area contributed by atoms with E-state index in [1.165, 1.54) is 406 Å². The quantitative estimate of drug-likeness (QED) is 0.0127. The van der Waals surface area contributed by atoms with Crippen LogP contribution in [0.2, 0.25) is 0 Å². The summed E-state index contributed by atoms with van der Waals surface area (Å²) < 4.78 is 0. The van der Waals surface area contributed by atoms with Crippen LogP contribution >= 0.6 is 0 Å². The van der Waals surface area contributed by atoms with Gasteiger partial charge in [0.05, 0.1) is 0 Å². The van der Waals surface area contributed by atoms with Crippen LogP contribution in [0.5, 0.6) is 0 Å². The van der Waals surface area contributed by atoms with Crippen molar-refractivity contribution in [1.82, 2.24) is 63.8 Å². The zero-order valence-corrected chi connectivity index (χ0v) is 88.7. The molecule has 2 rings (SSSR count). The fourth-order valence-corrected chi connectivity index (χ4v) is 14.4. The van der Waals surface area contributed by atoms with Gasteiger partial charge in [-0.15, -0.1) is 0 Å². The number of para-hydroxylation sites is 2. The topological polar surface area (TPSA) is 245 Å². The molecule has 0 aliphatic rings. The zero-order chi connectivity index (χ0) is 95.6. The van der Waals surface area contributed by atoms with Crippen LogP contribution in [0.1, 0.15) is 422 Å². The first-order valence-corrected chi connectivity index (χ1v) is 56.1. The zero-order valence-electron chi connectivity index (χ0n) is 88.7. The number of anilines is 2. The van der Waals surface area contributed by atoms with Crippen LogP contribution in [0.4, 0.5) is 11.4 Å². The second kappa shape index (κ2) is 130. The summed E-state index contributed by atoms with van der Waals surface area (Å²) in [6, 6.07) is 19.6. The summed E-state index contributed by atoms with van der Waals surface area (Å²) in [6.07, 6.45) is 92.4. The average Bonchev–Trinajstić information content (AvgIpc) is 0.945. The third kappa shape index (κ3) is 132. The molecule has 0 saturated carbocycles. The minimum absolute atomic E-state index is 0.456. The minimum Gasteiger partial charge on any atom is -0.370 e. The molecule has 0 radical (unpaired) electrons. The highest BCUT2D eigenvalue weighted by Crippen LogP contribution is 2.12. The fraction of sp³-hybridized carbons (Fsp3) is 0.805. The lowest BCUT2D eigenvalue weighted by Gasteiger charge is -2.07. The van der Waals surface area contributed by atoms with Crippen molar-refractivity contribution >= 4 is 23.3 Å². The van der Waals surface area contributed by atoms with Gasteiger partial charge in [-0.05, 0) is 258 Å². The van der Waals surface area contributed by atoms with Crippen LogP contribution in [0.3, 0.4) is 0 Å². The molecule has 2 aromatic carbocycles. The number of nitrogens with two attached hydrogens (primary N) is 2. The molecule has 0 aliphatic carbocycles. The molecule has 2 aromatic rings. The highest BCUT2D eigenvalue weighted by Gasteiger charge is 2.01. The summed E-state index contributed by atoms with van der Waals surface area (Å²) in [5.74, 6) is 0.912. The number of allylic oxidation sites excluding steroid dienone is 2. The van der Waals surface area contributed by atoms with Gasteiger partial charge in [-0.25, -0.2) is 0 Å². The van der Waals surface area contributed by atoms with Crippen molar-refractivity contribution in [3.05, 3.63) is 109 Å². The molecule has 18 N–H and O–H groups in total. The van der Waals surface area contributed by atoms with E-state index in [2.05, 4.69) is 202 Å². The van der Waals surface area contributed by atoms with Crippen LogP contribution in [-0.2, 0) is 0 Å². The first kappa shape index (κ1) is 133. The summed E-state index contributed by atoms with van der Waals surface area (Å²) in [4.78, 5) is 8.68. The van der Waals surface area contributed by atoms with Gasteiger partial charge in [0.2, 0.25) is 0 Å². The lowest BCUT2D eigenvalue weighted by atomic mass is 10.1. The van der Waals surface area contributed by atoms with E-state index in [1.807, 2.05) is 60.7 Å². The Morgan fingerprint density at radius 1 is 0.198 bits per heavy atom. The van der Waals surface area contributed by atoms with E-state index in [4.69, 9.17) is 11.5 Å². The summed E-state index contributed by atoms with van der Waals surface area (Å²) in [7, 11) is 0. The van der Waals surface area contributed by atoms with Crippen LogP contribution in [0.25, 0.3) is 0 Å². The largest absolute Gasteiger partial charge is 0.370 e. The predicted octanol–water partition coefficient (Wildman–Crippen LogP) is 25.7. The third-order valence-electron chi connectivity index (χ3n) is 22.7. The number of aliphatic imine (C=N–C) groups is 2. The SMILES string of the molecule is CCCCCCCNC/C=C/CCCCCCNCC.CCCCCCCNC/C=C/CCCCCCNCC.CCCCCCCNC/C=C\CNCCCCCCC.CCCCCCCNC/C=C\CNCCCCCCC.CCCCCCCNCCCCCCCCCNCC.NC(=NCCCNCCCNCCCN=C(N)Nc1ccccc1)Nc1ccccc1. The smallest absolute Gasteiger partial charge is 0.193 e. The summed E-state index contributed by atoms with van der Waals surface area (Å²) in [6.45, 7) is 50.2. The summed E-state index contributed by atoms with van der Waals surface area (Å²) >= 11 is 0. The molecule has 0 aliphatic heterocycles. The molecule has 0 unspecified atom stereocenters. The maximum atomic E-state index is 5.88. The van der Waals surface area contributed by atoms with Crippen LogP contribution < -0.4 is 85.9 Å². The van der Waals surface area contributed by atoms with Gasteiger partial charge in [0.15, 0.2) is 11.9 Å². The van der Waals surface area contributed by atoms with E-state index in [0.29, 0.717) is 25.0 Å². The van der Waals surface area contributed by atoms with E-state index in [-0.39, 0.29) is 0 Å². The molecule has 0 saturated heterocycles. The standard InChI is InChI=1S/C23H36N8.C18H40N2.4C18H38N2/c24-22(30-20-10-3-1-4-11-20)28-18-8-16-26-14-7-15-27-17-9-19-29-23(25)31-21-12-5-2-6-13-21;3*1-3-5-6-10-14-17-20-18-15-12-9-7-8-11-13-16-19-4-2;2*1-3-5-7-9-11-15-19-17-13-14-18-20-16-12-10-8-6-4-2/h1-6,10-13,26-27H,7-9,14-19H2,(H3,24,28,30)(H3,25,29,31);19-20H,3-18H2,1-2H3;2*12,15,19-20H,3-11,13-14,16-18H2,1-2H3;2*13-14,19-20H,3-12,15-18H2,1-2H3/b;;2*15-12+;2*14-13-. The van der Waals surface area contributed by atoms with Crippen LogP contribution in [0.15, 0.2) is 119 Å². The molecule has 131 heavy (non-hydrogen) atoms. The van der Waals surface area contributed by atoms with E-state index >= 15 is 0 Å². The Hall–Kier alpha value is -4.54. The van der Waals surface area contributed by atoms with E-state index in [0.717, 1.165) is 116 Å². The number of rotatable bonds is 95. The van der Waals surface area contributed by atoms with E-state index in [1.54, 1.807) is 0 Å². The monoisotopic (exact) mass is 1840 g/mol. The number of hydrogen-bond donors (Lipinski definition) is 16. The van der Waals surface area contributed by atoms with Gasteiger partial charge in [-0.1, -0.05) is 392 Å². The maximum Gasteiger partial charge on any atom is 0.193 e. The Bertz CT molecular complexity index is 2150. The van der Waals surface area contributed by atoms with Crippen molar-refractivity contribution in [2.75, 3.05) is 181 Å². The molecule has 0 atom stereocenters. The molecule has 0 spiro atoms. The molecule has 0 fully saturated rings. The molecule has 0 aromatic heterocycles. The first-order valence-electron chi connectivity index (χ1n) is 56.1. The van der Waals surface area contributed by atoms with Gasteiger partial charge >= 0.3 is 0 Å². The molecule has 0 amide bonds. The van der Waals surface area contributed by atoms with Crippen molar-refractivity contribution in [1.29, 1.82) is 0 Å². The summed E-state index contributed by atoms with van der Waals surface area (Å²) in [5.41, 5.74) is 13.7. The molecular weight excluding hydrogens is 1610 g/mol. The van der Waals surface area contributed by atoms with Gasteiger partial charge in [-0.2, -0.15) is 0 Å². The molecule has 770 valence electrons. The van der Waals surface area contributed by atoms with Crippen LogP contribution in [-0.4, -0.2) is 182 Å². The highest BCUT2D eigenvalue weighted by atomic mass is 15.1.